The third kappa shape index (κ3) is 5.95. The quantitative estimate of drug-likeness (QED) is 0.707. The molecule has 2 atom stereocenters. The van der Waals surface area contributed by atoms with Crippen molar-refractivity contribution < 1.29 is 29.3 Å². The van der Waals surface area contributed by atoms with Crippen molar-refractivity contribution in [2.45, 2.75) is 103 Å². The van der Waals surface area contributed by atoms with Crippen LogP contribution >= 0.6 is 0 Å². The number of rotatable bonds is 7. The van der Waals surface area contributed by atoms with E-state index in [4.69, 9.17) is 9.47 Å². The topological polar surface area (TPSA) is 93.1 Å². The highest BCUT2D eigenvalue weighted by Crippen LogP contribution is 2.39. The summed E-state index contributed by atoms with van der Waals surface area (Å²) in [5, 5.41) is 19.1. The normalized spacial score (nSPS) is 27.7. The molecule has 6 heteroatoms. The molecular formula is C20H34O6. The van der Waals surface area contributed by atoms with E-state index in [0.717, 1.165) is 57.8 Å². The molecule has 150 valence electrons. The summed E-state index contributed by atoms with van der Waals surface area (Å²) in [6.45, 7) is 6.66. The van der Waals surface area contributed by atoms with E-state index >= 15 is 0 Å². The van der Waals surface area contributed by atoms with Crippen LogP contribution in [0, 0.1) is 11.3 Å². The molecule has 0 radical (unpaired) electrons. The molecule has 2 aliphatic rings. The average Bonchev–Trinajstić information content (AvgIpc) is 2.58. The van der Waals surface area contributed by atoms with E-state index in [9.17, 15) is 19.8 Å². The lowest BCUT2D eigenvalue weighted by atomic mass is 9.72. The molecule has 0 unspecified atom stereocenters. The third-order valence-electron chi connectivity index (χ3n) is 5.89. The maximum atomic E-state index is 11.7. The standard InChI is InChI=1S/C20H34O6/c1-20(2,3)13-9-11-15(12-10-13)26-17(19(23)24)16(18(21)22)25-14-7-5-4-6-8-14/h13-17H,4-12H2,1-3H3,(H,21,22)(H,23,24)/t13?,15?,16-,17-/m1/s1. The predicted octanol–water partition coefficient (Wildman–Crippen LogP) is 3.86. The maximum Gasteiger partial charge on any atom is 0.336 e. The first-order valence-electron chi connectivity index (χ1n) is 9.95. The number of hydrogen-bond acceptors (Lipinski definition) is 4. The number of ether oxygens (including phenoxy) is 2. The van der Waals surface area contributed by atoms with Gasteiger partial charge in [-0.2, -0.15) is 0 Å². The van der Waals surface area contributed by atoms with Crippen LogP contribution in [-0.4, -0.2) is 46.6 Å². The number of carboxylic acids is 2. The zero-order valence-corrected chi connectivity index (χ0v) is 16.3. The zero-order valence-electron chi connectivity index (χ0n) is 16.3. The molecule has 2 saturated carbocycles. The minimum atomic E-state index is -1.45. The minimum absolute atomic E-state index is 0.188. The summed E-state index contributed by atoms with van der Waals surface area (Å²) in [5.41, 5.74) is 0.227. The SMILES string of the molecule is CC(C)(C)C1CCC(O[C@@H](C(=O)O)[C@@H](OC2CCCCC2)C(=O)O)CC1. The van der Waals surface area contributed by atoms with Crippen molar-refractivity contribution in [3.63, 3.8) is 0 Å². The largest absolute Gasteiger partial charge is 0.479 e. The summed E-state index contributed by atoms with van der Waals surface area (Å²) < 4.78 is 11.5. The summed E-state index contributed by atoms with van der Waals surface area (Å²) in [7, 11) is 0. The molecule has 2 fully saturated rings. The van der Waals surface area contributed by atoms with E-state index in [1.54, 1.807) is 0 Å². The van der Waals surface area contributed by atoms with E-state index in [0.29, 0.717) is 5.92 Å². The lowest BCUT2D eigenvalue weighted by molar-refractivity contribution is -0.191. The van der Waals surface area contributed by atoms with Gasteiger partial charge in [-0.3, -0.25) is 0 Å². The van der Waals surface area contributed by atoms with Crippen LogP contribution in [0.25, 0.3) is 0 Å². The summed E-state index contributed by atoms with van der Waals surface area (Å²) in [4.78, 5) is 23.4. The molecule has 2 N–H and O–H groups in total. The van der Waals surface area contributed by atoms with Gasteiger partial charge in [0.2, 0.25) is 0 Å². The van der Waals surface area contributed by atoms with Gasteiger partial charge in [-0.25, -0.2) is 9.59 Å². The van der Waals surface area contributed by atoms with Crippen LogP contribution in [0.4, 0.5) is 0 Å². The Balaban J connectivity index is 1.97. The molecule has 26 heavy (non-hydrogen) atoms. The molecule has 2 aliphatic carbocycles. The fourth-order valence-electron chi connectivity index (χ4n) is 4.20. The first kappa shape index (κ1) is 21.2. The fourth-order valence-corrected chi connectivity index (χ4v) is 4.20. The molecule has 0 saturated heterocycles. The van der Waals surface area contributed by atoms with Crippen molar-refractivity contribution in [3.05, 3.63) is 0 Å². The van der Waals surface area contributed by atoms with E-state index < -0.39 is 24.1 Å². The van der Waals surface area contributed by atoms with E-state index in [1.165, 1.54) is 0 Å². The third-order valence-corrected chi connectivity index (χ3v) is 5.89. The predicted molar refractivity (Wildman–Crippen MR) is 97.1 cm³/mol. The van der Waals surface area contributed by atoms with E-state index in [2.05, 4.69) is 20.8 Å². The Morgan fingerprint density at radius 1 is 0.769 bits per heavy atom. The molecule has 0 spiro atoms. The number of carboxylic acid groups (broad SMARTS) is 2. The lowest BCUT2D eigenvalue weighted by Crippen LogP contribution is -2.48. The second-order valence-electron chi connectivity index (χ2n) is 8.89. The van der Waals surface area contributed by atoms with E-state index in [1.807, 2.05) is 0 Å². The summed E-state index contributed by atoms with van der Waals surface area (Å²) in [6.07, 6.45) is 4.85. The van der Waals surface area contributed by atoms with Crippen LogP contribution in [-0.2, 0) is 19.1 Å². The molecule has 0 amide bonds. The molecule has 0 aliphatic heterocycles. The maximum absolute atomic E-state index is 11.7. The Hall–Kier alpha value is -1.14. The molecule has 6 nitrogen and oxygen atoms in total. The molecule has 0 aromatic rings. The van der Waals surface area contributed by atoms with Gasteiger partial charge in [-0.05, 0) is 49.9 Å². The lowest BCUT2D eigenvalue weighted by Gasteiger charge is -2.38. The number of aliphatic carboxylic acids is 2. The van der Waals surface area contributed by atoms with Crippen LogP contribution in [0.3, 0.4) is 0 Å². The molecule has 0 heterocycles. The zero-order chi connectivity index (χ0) is 19.3. The Bertz CT molecular complexity index is 469. The van der Waals surface area contributed by atoms with Gasteiger partial charge >= 0.3 is 11.9 Å². The highest BCUT2D eigenvalue weighted by molar-refractivity contribution is 5.83. The van der Waals surface area contributed by atoms with Gasteiger partial charge in [-0.15, -0.1) is 0 Å². The van der Waals surface area contributed by atoms with Crippen molar-refractivity contribution >= 4 is 11.9 Å². The smallest absolute Gasteiger partial charge is 0.336 e. The molecule has 0 bridgehead atoms. The van der Waals surface area contributed by atoms with Crippen molar-refractivity contribution in [2.75, 3.05) is 0 Å². The number of carbonyl (C=O) groups is 2. The minimum Gasteiger partial charge on any atom is -0.479 e. The Kier molecular flexibility index (Phi) is 7.47. The van der Waals surface area contributed by atoms with Gasteiger partial charge in [0.1, 0.15) is 0 Å². The molecule has 2 rings (SSSR count). The second-order valence-corrected chi connectivity index (χ2v) is 8.89. The fraction of sp³-hybridized carbons (Fsp3) is 0.900. The van der Waals surface area contributed by atoms with Crippen LogP contribution in [0.1, 0.15) is 78.6 Å². The van der Waals surface area contributed by atoms with Crippen molar-refractivity contribution in [1.82, 2.24) is 0 Å². The van der Waals surface area contributed by atoms with Gasteiger partial charge in [-0.1, -0.05) is 40.0 Å². The first-order chi connectivity index (χ1) is 12.2. The Labute approximate surface area is 156 Å². The molecule has 0 aromatic carbocycles. The number of hydrogen-bond donors (Lipinski definition) is 2. The molecule has 0 aromatic heterocycles. The van der Waals surface area contributed by atoms with Crippen molar-refractivity contribution in [2.24, 2.45) is 11.3 Å². The van der Waals surface area contributed by atoms with Gasteiger partial charge in [0.25, 0.3) is 0 Å². The van der Waals surface area contributed by atoms with Gasteiger partial charge in [0.05, 0.1) is 12.2 Å². The highest BCUT2D eigenvalue weighted by atomic mass is 16.6. The Morgan fingerprint density at radius 3 is 1.58 bits per heavy atom. The van der Waals surface area contributed by atoms with Crippen LogP contribution in [0.5, 0.6) is 0 Å². The second kappa shape index (κ2) is 9.18. The van der Waals surface area contributed by atoms with Crippen molar-refractivity contribution in [3.8, 4) is 0 Å². The molecular weight excluding hydrogens is 336 g/mol. The van der Waals surface area contributed by atoms with E-state index in [-0.39, 0.29) is 17.6 Å². The summed E-state index contributed by atoms with van der Waals surface area (Å²) >= 11 is 0. The monoisotopic (exact) mass is 370 g/mol. The van der Waals surface area contributed by atoms with Crippen LogP contribution < -0.4 is 0 Å². The van der Waals surface area contributed by atoms with Crippen LogP contribution in [0.2, 0.25) is 0 Å². The van der Waals surface area contributed by atoms with Crippen LogP contribution in [0.15, 0.2) is 0 Å². The Morgan fingerprint density at radius 2 is 1.19 bits per heavy atom. The van der Waals surface area contributed by atoms with Crippen molar-refractivity contribution in [1.29, 1.82) is 0 Å². The van der Waals surface area contributed by atoms with Gasteiger partial charge in [0, 0.05) is 0 Å². The summed E-state index contributed by atoms with van der Waals surface area (Å²) in [5.74, 6) is -1.93. The summed E-state index contributed by atoms with van der Waals surface area (Å²) in [6, 6.07) is 0. The first-order valence-corrected chi connectivity index (χ1v) is 9.95. The van der Waals surface area contributed by atoms with Gasteiger partial charge in [0.15, 0.2) is 12.2 Å². The van der Waals surface area contributed by atoms with Gasteiger partial charge < -0.3 is 19.7 Å². The average molecular weight is 370 g/mol. The highest BCUT2D eigenvalue weighted by Gasteiger charge is 2.40.